The van der Waals surface area contributed by atoms with Gasteiger partial charge < -0.3 is 20.8 Å². The van der Waals surface area contributed by atoms with Crippen molar-refractivity contribution in [1.82, 2.24) is 15.0 Å². The van der Waals surface area contributed by atoms with Gasteiger partial charge in [-0.05, 0) is 12.1 Å². The second-order valence-electron chi connectivity index (χ2n) is 3.08. The van der Waals surface area contributed by atoms with Crippen LogP contribution in [0.25, 0.3) is 11.4 Å². The summed E-state index contributed by atoms with van der Waals surface area (Å²) in [6.45, 7) is 0. The van der Waals surface area contributed by atoms with E-state index >= 15 is 0 Å². The molecule has 0 aliphatic heterocycles. The first-order valence-corrected chi connectivity index (χ1v) is 4.35. The van der Waals surface area contributed by atoms with E-state index in [1.807, 2.05) is 12.1 Å². The van der Waals surface area contributed by atoms with Crippen LogP contribution in [0.5, 0.6) is 0 Å². The van der Waals surface area contributed by atoms with Crippen LogP contribution in [0.3, 0.4) is 0 Å². The summed E-state index contributed by atoms with van der Waals surface area (Å²) in [5.41, 5.74) is 6.95. The average Bonchev–Trinajstić information content (AvgIpc) is 2.86. The number of aromatic nitrogens is 3. The Morgan fingerprint density at radius 1 is 1.53 bits per heavy atom. The second-order valence-corrected chi connectivity index (χ2v) is 3.08. The maximum atomic E-state index is 10.6. The minimum Gasteiger partial charge on any atom is -0.480 e. The summed E-state index contributed by atoms with van der Waals surface area (Å²) in [5.74, 6) is -0.866. The van der Waals surface area contributed by atoms with Gasteiger partial charge in [-0.3, -0.25) is 4.79 Å². The topological polar surface area (TPSA) is 108 Å². The summed E-state index contributed by atoms with van der Waals surface area (Å²) in [6.07, 6.45) is 3.32. The first-order valence-electron chi connectivity index (χ1n) is 4.35. The lowest BCUT2D eigenvalue weighted by Crippen LogP contribution is -2.21. The molecule has 1 atom stereocenters. The maximum absolute atomic E-state index is 10.6. The van der Waals surface area contributed by atoms with E-state index in [2.05, 4.69) is 15.0 Å². The van der Waals surface area contributed by atoms with Gasteiger partial charge in [-0.2, -0.15) is 0 Å². The number of nitrogens with zero attached hydrogens (tertiary/aromatic N) is 1. The van der Waals surface area contributed by atoms with Gasteiger partial charge in [0.2, 0.25) is 0 Å². The quantitative estimate of drug-likeness (QED) is 0.586. The fourth-order valence-corrected chi connectivity index (χ4v) is 1.25. The molecule has 2 rings (SSSR count). The van der Waals surface area contributed by atoms with E-state index in [0.717, 1.165) is 5.69 Å². The molecule has 6 heteroatoms. The van der Waals surface area contributed by atoms with Crippen molar-refractivity contribution in [2.45, 2.75) is 6.04 Å². The molecule has 5 N–H and O–H groups in total. The van der Waals surface area contributed by atoms with Crippen LogP contribution in [0, 0.1) is 0 Å². The zero-order valence-electron chi connectivity index (χ0n) is 7.77. The summed E-state index contributed by atoms with van der Waals surface area (Å²) in [5, 5.41) is 8.68. The van der Waals surface area contributed by atoms with E-state index < -0.39 is 12.0 Å². The number of aromatic amines is 2. The van der Waals surface area contributed by atoms with Crippen molar-refractivity contribution in [3.05, 3.63) is 30.4 Å². The molecule has 15 heavy (non-hydrogen) atoms. The molecule has 2 aromatic heterocycles. The van der Waals surface area contributed by atoms with Gasteiger partial charge in [0.1, 0.15) is 5.82 Å². The summed E-state index contributed by atoms with van der Waals surface area (Å²) in [7, 11) is 0. The normalized spacial score (nSPS) is 12.6. The molecule has 0 bridgehead atoms. The predicted octanol–water partition coefficient (Wildman–Crippen LogP) is 0.489. The first-order chi connectivity index (χ1) is 7.18. The monoisotopic (exact) mass is 206 g/mol. The number of aliphatic carboxylic acids is 1. The minimum absolute atomic E-state index is 0.243. The van der Waals surface area contributed by atoms with Crippen LogP contribution in [-0.2, 0) is 4.79 Å². The van der Waals surface area contributed by atoms with Crippen molar-refractivity contribution in [1.29, 1.82) is 0 Å². The summed E-state index contributed by atoms with van der Waals surface area (Å²) in [6, 6.07) is 2.57. The standard InChI is InChI=1S/C9H10N4O2/c10-7(9(14)15)8-12-4-6(13-8)5-2-1-3-11-5/h1-4,7,11H,10H2,(H,12,13)(H,14,15). The number of carboxylic acids is 1. The number of nitrogens with two attached hydrogens (primary N) is 1. The van der Waals surface area contributed by atoms with Crippen LogP contribution in [0.1, 0.15) is 11.9 Å². The van der Waals surface area contributed by atoms with E-state index in [-0.39, 0.29) is 5.82 Å². The van der Waals surface area contributed by atoms with Crippen LogP contribution in [-0.4, -0.2) is 26.0 Å². The SMILES string of the molecule is NC(C(=O)O)c1ncc(-c2ccc[nH]2)[nH]1. The van der Waals surface area contributed by atoms with Gasteiger partial charge in [0.15, 0.2) is 6.04 Å². The van der Waals surface area contributed by atoms with E-state index in [4.69, 9.17) is 10.8 Å². The third-order valence-corrected chi connectivity index (χ3v) is 2.04. The van der Waals surface area contributed by atoms with Crippen LogP contribution >= 0.6 is 0 Å². The number of hydrogen-bond acceptors (Lipinski definition) is 3. The summed E-state index contributed by atoms with van der Waals surface area (Å²) >= 11 is 0. The van der Waals surface area contributed by atoms with Gasteiger partial charge in [-0.1, -0.05) is 0 Å². The van der Waals surface area contributed by atoms with E-state index in [0.29, 0.717) is 5.69 Å². The molecule has 2 heterocycles. The van der Waals surface area contributed by atoms with Gasteiger partial charge in [0, 0.05) is 6.20 Å². The maximum Gasteiger partial charge on any atom is 0.328 e. The third-order valence-electron chi connectivity index (χ3n) is 2.04. The summed E-state index contributed by atoms with van der Waals surface area (Å²) < 4.78 is 0. The lowest BCUT2D eigenvalue weighted by molar-refractivity contribution is -0.138. The Morgan fingerprint density at radius 2 is 2.33 bits per heavy atom. The number of rotatable bonds is 3. The van der Waals surface area contributed by atoms with Crippen LogP contribution < -0.4 is 5.73 Å². The van der Waals surface area contributed by atoms with Gasteiger partial charge >= 0.3 is 5.97 Å². The van der Waals surface area contributed by atoms with Gasteiger partial charge in [-0.15, -0.1) is 0 Å². The third kappa shape index (κ3) is 1.75. The van der Waals surface area contributed by atoms with Crippen molar-refractivity contribution in [3.8, 4) is 11.4 Å². The lowest BCUT2D eigenvalue weighted by atomic mass is 10.3. The van der Waals surface area contributed by atoms with Crippen molar-refractivity contribution in [2.24, 2.45) is 5.73 Å². The zero-order chi connectivity index (χ0) is 10.8. The molecule has 0 saturated carbocycles. The fraction of sp³-hybridized carbons (Fsp3) is 0.111. The number of imidazole rings is 1. The van der Waals surface area contributed by atoms with Gasteiger partial charge in [-0.25, -0.2) is 4.98 Å². The average molecular weight is 206 g/mol. The summed E-state index contributed by atoms with van der Waals surface area (Å²) in [4.78, 5) is 20.3. The molecule has 1 unspecified atom stereocenters. The highest BCUT2D eigenvalue weighted by molar-refractivity contribution is 5.74. The van der Waals surface area contributed by atoms with E-state index in [9.17, 15) is 4.79 Å². The first kappa shape index (κ1) is 9.47. The van der Waals surface area contributed by atoms with E-state index in [1.54, 1.807) is 12.4 Å². The van der Waals surface area contributed by atoms with Crippen LogP contribution in [0.15, 0.2) is 24.5 Å². The molecule has 0 aliphatic carbocycles. The molecule has 0 spiro atoms. The Kier molecular flexibility index (Phi) is 2.26. The highest BCUT2D eigenvalue weighted by atomic mass is 16.4. The second kappa shape index (κ2) is 3.58. The molecule has 0 amide bonds. The highest BCUT2D eigenvalue weighted by Gasteiger charge is 2.17. The Balaban J connectivity index is 2.28. The van der Waals surface area contributed by atoms with Crippen molar-refractivity contribution in [3.63, 3.8) is 0 Å². The minimum atomic E-state index is -1.12. The molecule has 6 nitrogen and oxygen atoms in total. The molecular formula is C9H10N4O2. The molecular weight excluding hydrogens is 196 g/mol. The Labute approximate surface area is 85.2 Å². The molecule has 0 fully saturated rings. The Bertz CT molecular complexity index is 460. The molecule has 0 aliphatic rings. The number of H-pyrrole nitrogens is 2. The Morgan fingerprint density at radius 3 is 2.93 bits per heavy atom. The van der Waals surface area contributed by atoms with Crippen LogP contribution in [0.2, 0.25) is 0 Å². The molecule has 2 aromatic rings. The lowest BCUT2D eigenvalue weighted by Gasteiger charge is -2.00. The van der Waals surface area contributed by atoms with Gasteiger partial charge in [0.25, 0.3) is 0 Å². The number of hydrogen-bond donors (Lipinski definition) is 4. The highest BCUT2D eigenvalue weighted by Crippen LogP contribution is 2.16. The smallest absolute Gasteiger partial charge is 0.328 e. The molecule has 78 valence electrons. The van der Waals surface area contributed by atoms with E-state index in [1.165, 1.54) is 0 Å². The van der Waals surface area contributed by atoms with Crippen molar-refractivity contribution >= 4 is 5.97 Å². The van der Waals surface area contributed by atoms with Crippen molar-refractivity contribution in [2.75, 3.05) is 0 Å². The Hall–Kier alpha value is -2.08. The largest absolute Gasteiger partial charge is 0.480 e. The fourth-order valence-electron chi connectivity index (χ4n) is 1.25. The van der Waals surface area contributed by atoms with Gasteiger partial charge in [0.05, 0.1) is 17.6 Å². The number of carboxylic acid groups (broad SMARTS) is 1. The van der Waals surface area contributed by atoms with Crippen LogP contribution in [0.4, 0.5) is 0 Å². The van der Waals surface area contributed by atoms with Crippen molar-refractivity contribution < 1.29 is 9.90 Å². The number of carbonyl (C=O) groups is 1. The number of nitrogens with one attached hydrogen (secondary N) is 2. The molecule has 0 radical (unpaired) electrons. The molecule has 0 saturated heterocycles. The zero-order valence-corrected chi connectivity index (χ0v) is 7.77. The predicted molar refractivity (Wildman–Crippen MR) is 52.9 cm³/mol. The molecule has 0 aromatic carbocycles.